The SMILES string of the molecule is CN(C)C1C(=O)C(C(N)=O)C(=O)[C@]2(O)C(=O)C3C(=O)c4c(O)ccc(C5=CC=C(CC6CCCC6)C5)c4C[C@@H]3C[C@H]12. The van der Waals surface area contributed by atoms with Crippen LogP contribution in [0.5, 0.6) is 5.75 Å². The van der Waals surface area contributed by atoms with Crippen LogP contribution in [0.25, 0.3) is 5.57 Å². The quantitative estimate of drug-likeness (QED) is 0.463. The number of amides is 1. The Morgan fingerprint density at radius 2 is 1.78 bits per heavy atom. The van der Waals surface area contributed by atoms with E-state index in [4.69, 9.17) is 5.73 Å². The summed E-state index contributed by atoms with van der Waals surface area (Å²) < 4.78 is 0. The van der Waals surface area contributed by atoms with Gasteiger partial charge in [0.05, 0.1) is 17.5 Å². The standard InChI is InChI=1S/C32H36N2O7/c1-34(2)26-21-14-18-13-20-19(17-8-7-16(12-17)11-15-5-3-4-6-15)9-10-22(35)24(20)27(36)23(18)29(38)32(21,41)30(39)25(28(26)37)31(33)40/h7-10,15,18,21,23,25-26,35,41H,3-6,11-14H2,1-2H3,(H2,33,40)/t18-,21-,23?,25?,26?,32-/m1/s1. The van der Waals surface area contributed by atoms with E-state index in [-0.39, 0.29) is 24.2 Å². The van der Waals surface area contributed by atoms with Gasteiger partial charge in [0.25, 0.3) is 0 Å². The normalized spacial score (nSPS) is 33.4. The third-order valence-electron chi connectivity index (χ3n) is 10.3. The molecule has 5 aliphatic rings. The molecule has 5 aliphatic carbocycles. The van der Waals surface area contributed by atoms with Crippen LogP contribution in [0.1, 0.15) is 66.4 Å². The first-order chi connectivity index (χ1) is 19.4. The Morgan fingerprint density at radius 1 is 1.07 bits per heavy atom. The minimum atomic E-state index is -2.71. The molecule has 1 aromatic rings. The molecule has 9 nitrogen and oxygen atoms in total. The average molecular weight is 561 g/mol. The van der Waals surface area contributed by atoms with E-state index in [0.717, 1.165) is 24.0 Å². The van der Waals surface area contributed by atoms with E-state index < -0.39 is 64.4 Å². The molecule has 9 heteroatoms. The maximum absolute atomic E-state index is 14.0. The molecule has 6 atom stereocenters. The van der Waals surface area contributed by atoms with Gasteiger partial charge in [-0.2, -0.15) is 0 Å². The smallest absolute Gasteiger partial charge is 0.235 e. The van der Waals surface area contributed by atoms with Gasteiger partial charge in [0.15, 0.2) is 34.7 Å². The van der Waals surface area contributed by atoms with Crippen molar-refractivity contribution < 1.29 is 34.2 Å². The summed E-state index contributed by atoms with van der Waals surface area (Å²) in [6.45, 7) is 0. The van der Waals surface area contributed by atoms with Gasteiger partial charge in [-0.1, -0.05) is 49.5 Å². The Bertz CT molecular complexity index is 1450. The number of carbonyl (C=O) groups is 5. The lowest BCUT2D eigenvalue weighted by atomic mass is 9.52. The number of likely N-dealkylation sites (N-methyl/N-ethyl adjacent to an activating group) is 1. The Morgan fingerprint density at radius 3 is 2.44 bits per heavy atom. The molecule has 0 saturated heterocycles. The Kier molecular flexibility index (Phi) is 6.65. The summed E-state index contributed by atoms with van der Waals surface area (Å²) >= 11 is 0. The first-order valence-electron chi connectivity index (χ1n) is 14.5. The highest BCUT2D eigenvalue weighted by Crippen LogP contribution is 2.52. The van der Waals surface area contributed by atoms with E-state index >= 15 is 0 Å². The zero-order valence-electron chi connectivity index (χ0n) is 23.4. The van der Waals surface area contributed by atoms with E-state index in [0.29, 0.717) is 11.5 Å². The molecular formula is C32H36N2O7. The van der Waals surface area contributed by atoms with Crippen LogP contribution in [0.3, 0.4) is 0 Å². The number of aromatic hydroxyl groups is 1. The number of nitrogens with zero attached hydrogens (tertiary/aromatic N) is 1. The van der Waals surface area contributed by atoms with Crippen molar-refractivity contribution in [1.82, 2.24) is 4.90 Å². The number of ketones is 4. The first-order valence-corrected chi connectivity index (χ1v) is 14.5. The summed E-state index contributed by atoms with van der Waals surface area (Å²) in [5.74, 6) is -9.53. The van der Waals surface area contributed by atoms with Crippen LogP contribution in [0.4, 0.5) is 0 Å². The van der Waals surface area contributed by atoms with Gasteiger partial charge in [0.2, 0.25) is 5.91 Å². The molecule has 6 rings (SSSR count). The van der Waals surface area contributed by atoms with Gasteiger partial charge in [0, 0.05) is 5.92 Å². The van der Waals surface area contributed by atoms with Gasteiger partial charge in [0.1, 0.15) is 5.75 Å². The molecule has 1 amide bonds. The Hall–Kier alpha value is -3.43. The molecule has 0 bridgehead atoms. The molecular weight excluding hydrogens is 524 g/mol. The second-order valence-electron chi connectivity index (χ2n) is 12.8. The molecule has 1 aromatic carbocycles. The molecule has 0 aromatic heterocycles. The first kappa shape index (κ1) is 27.7. The van der Waals surface area contributed by atoms with Crippen LogP contribution in [-0.4, -0.2) is 69.9 Å². The number of phenols is 1. The van der Waals surface area contributed by atoms with E-state index in [1.165, 1.54) is 42.2 Å². The number of primary amides is 1. The summed E-state index contributed by atoms with van der Waals surface area (Å²) in [6.07, 6.45) is 11.4. The molecule has 41 heavy (non-hydrogen) atoms. The van der Waals surface area contributed by atoms with Crippen LogP contribution in [-0.2, 0) is 25.6 Å². The third-order valence-corrected chi connectivity index (χ3v) is 10.3. The largest absolute Gasteiger partial charge is 0.507 e. The average Bonchev–Trinajstić information content (AvgIpc) is 3.59. The number of fused-ring (bicyclic) bond motifs is 3. The van der Waals surface area contributed by atoms with Crippen LogP contribution in [0, 0.1) is 29.6 Å². The van der Waals surface area contributed by atoms with Crippen molar-refractivity contribution in [2.75, 3.05) is 14.1 Å². The number of hydrogen-bond acceptors (Lipinski definition) is 8. The van der Waals surface area contributed by atoms with E-state index in [9.17, 15) is 34.2 Å². The fourth-order valence-corrected chi connectivity index (χ4v) is 8.40. The molecule has 216 valence electrons. The summed E-state index contributed by atoms with van der Waals surface area (Å²) in [7, 11) is 3.15. The van der Waals surface area contributed by atoms with E-state index in [1.807, 2.05) is 6.07 Å². The monoisotopic (exact) mass is 560 g/mol. The van der Waals surface area contributed by atoms with E-state index in [2.05, 4.69) is 12.2 Å². The fraction of sp³-hybridized carbons (Fsp3) is 0.531. The van der Waals surface area contributed by atoms with Gasteiger partial charge in [-0.15, -0.1) is 0 Å². The second kappa shape index (κ2) is 9.84. The van der Waals surface area contributed by atoms with Crippen LogP contribution < -0.4 is 5.73 Å². The number of phenolic OH excluding ortho intramolecular Hbond substituents is 1. The lowest BCUT2D eigenvalue weighted by molar-refractivity contribution is -0.181. The number of carbonyl (C=O) groups excluding carboxylic acids is 5. The number of hydrogen-bond donors (Lipinski definition) is 3. The molecule has 3 unspecified atom stereocenters. The van der Waals surface area contributed by atoms with Crippen LogP contribution in [0.2, 0.25) is 0 Å². The Balaban J connectivity index is 1.36. The lowest BCUT2D eigenvalue weighted by Gasteiger charge is -2.52. The number of aliphatic hydroxyl groups is 1. The number of nitrogens with two attached hydrogens (primary N) is 1. The zero-order chi connectivity index (χ0) is 29.4. The van der Waals surface area contributed by atoms with Gasteiger partial charge in [-0.05, 0) is 74.4 Å². The van der Waals surface area contributed by atoms with Crippen LogP contribution in [0.15, 0.2) is 29.9 Å². The molecule has 0 spiro atoms. The van der Waals surface area contributed by atoms with Crippen molar-refractivity contribution in [1.29, 1.82) is 0 Å². The second-order valence-corrected chi connectivity index (χ2v) is 12.8. The maximum Gasteiger partial charge on any atom is 0.235 e. The van der Waals surface area contributed by atoms with Crippen molar-refractivity contribution in [3.05, 3.63) is 46.5 Å². The number of rotatable bonds is 5. The minimum absolute atomic E-state index is 0.0410. The van der Waals surface area contributed by atoms with Gasteiger partial charge in [-0.3, -0.25) is 28.9 Å². The Labute approximate surface area is 238 Å². The van der Waals surface area contributed by atoms with Crippen molar-refractivity contribution in [3.63, 3.8) is 0 Å². The summed E-state index contributed by atoms with van der Waals surface area (Å²) in [5.41, 5.74) is 6.62. The van der Waals surface area contributed by atoms with Gasteiger partial charge < -0.3 is 15.9 Å². The fourth-order valence-electron chi connectivity index (χ4n) is 8.40. The lowest BCUT2D eigenvalue weighted by Crippen LogP contribution is -2.74. The minimum Gasteiger partial charge on any atom is -0.507 e. The predicted molar refractivity (Wildman–Crippen MR) is 149 cm³/mol. The molecule has 3 fully saturated rings. The summed E-state index contributed by atoms with van der Waals surface area (Å²) in [6, 6.07) is 2.16. The predicted octanol–water partition coefficient (Wildman–Crippen LogP) is 2.16. The van der Waals surface area contributed by atoms with Crippen molar-refractivity contribution in [2.24, 2.45) is 35.3 Å². The summed E-state index contributed by atoms with van der Waals surface area (Å²) in [4.78, 5) is 68.2. The highest BCUT2D eigenvalue weighted by molar-refractivity contribution is 6.32. The molecule has 0 aliphatic heterocycles. The zero-order valence-corrected chi connectivity index (χ0v) is 23.4. The molecule has 0 heterocycles. The molecule has 4 N–H and O–H groups in total. The highest BCUT2D eigenvalue weighted by Gasteiger charge is 2.69. The number of allylic oxidation sites excluding steroid dienone is 4. The van der Waals surface area contributed by atoms with Gasteiger partial charge in [-0.25, -0.2) is 0 Å². The third kappa shape index (κ3) is 4.07. The number of benzene rings is 1. The molecule has 0 radical (unpaired) electrons. The summed E-state index contributed by atoms with van der Waals surface area (Å²) in [5, 5.41) is 22.5. The molecule has 3 saturated carbocycles. The number of Topliss-reactive ketones (excluding diaryl/α,β-unsaturated/α-hetero) is 4. The highest BCUT2D eigenvalue weighted by atomic mass is 16.3. The van der Waals surface area contributed by atoms with Gasteiger partial charge >= 0.3 is 0 Å². The van der Waals surface area contributed by atoms with E-state index in [1.54, 1.807) is 14.1 Å². The topological polar surface area (TPSA) is 155 Å². The van der Waals surface area contributed by atoms with Crippen molar-refractivity contribution in [2.45, 2.75) is 63.0 Å². The van der Waals surface area contributed by atoms with Crippen molar-refractivity contribution in [3.8, 4) is 5.75 Å². The van der Waals surface area contributed by atoms with Crippen LogP contribution >= 0.6 is 0 Å². The maximum atomic E-state index is 14.0. The van der Waals surface area contributed by atoms with Crippen molar-refractivity contribution >= 4 is 34.6 Å².